The van der Waals surface area contributed by atoms with E-state index in [1.807, 2.05) is 0 Å². The zero-order valence-corrected chi connectivity index (χ0v) is 5.43. The molecule has 2 nitrogen and oxygen atoms in total. The molecule has 0 atom stereocenters. The Kier molecular flexibility index (Phi) is 2.03. The molecule has 47 valence electrons. The summed E-state index contributed by atoms with van der Waals surface area (Å²) in [6.07, 6.45) is 1.55. The topological polar surface area (TPSA) is 32.8 Å². The number of rotatable bonds is 1. The Morgan fingerprint density at radius 3 is 2.89 bits per heavy atom. The minimum atomic E-state index is -0.348. The average Bonchev–Trinajstić information content (AvgIpc) is 1.89. The summed E-state index contributed by atoms with van der Waals surface area (Å²) >= 11 is 5.56. The van der Waals surface area contributed by atoms with Gasteiger partial charge in [0.1, 0.15) is 6.61 Å². The van der Waals surface area contributed by atoms with Crippen LogP contribution >= 0.6 is 11.6 Å². The molecule has 9 heavy (non-hydrogen) atoms. The van der Waals surface area contributed by atoms with Crippen LogP contribution in [-0.4, -0.2) is 4.98 Å². The SMILES string of the molecule is [O]Cc1ncccc1Cl. The molecule has 0 fully saturated rings. The van der Waals surface area contributed by atoms with Gasteiger partial charge in [-0.05, 0) is 12.1 Å². The number of hydrogen-bond acceptors (Lipinski definition) is 1. The van der Waals surface area contributed by atoms with Crippen molar-refractivity contribution in [3.05, 3.63) is 29.0 Å². The van der Waals surface area contributed by atoms with Gasteiger partial charge in [-0.25, -0.2) is 5.11 Å². The van der Waals surface area contributed by atoms with Crippen LogP contribution in [0.3, 0.4) is 0 Å². The average molecular weight is 143 g/mol. The van der Waals surface area contributed by atoms with E-state index in [-0.39, 0.29) is 6.61 Å². The van der Waals surface area contributed by atoms with Crippen LogP contribution in [0.2, 0.25) is 5.02 Å². The lowest BCUT2D eigenvalue weighted by Gasteiger charge is -1.93. The Hall–Kier alpha value is -0.600. The first-order chi connectivity index (χ1) is 4.34. The van der Waals surface area contributed by atoms with Gasteiger partial charge in [-0.1, -0.05) is 11.6 Å². The lowest BCUT2D eigenvalue weighted by molar-refractivity contribution is 0.174. The van der Waals surface area contributed by atoms with Crippen LogP contribution in [0.15, 0.2) is 18.3 Å². The normalized spacial score (nSPS) is 9.56. The second-order valence-electron chi connectivity index (χ2n) is 1.58. The van der Waals surface area contributed by atoms with Crippen LogP contribution in [0.5, 0.6) is 0 Å². The fourth-order valence-electron chi connectivity index (χ4n) is 0.525. The molecule has 0 amide bonds. The summed E-state index contributed by atoms with van der Waals surface area (Å²) in [5, 5.41) is 10.7. The van der Waals surface area contributed by atoms with Crippen molar-refractivity contribution in [1.82, 2.24) is 4.98 Å². The van der Waals surface area contributed by atoms with E-state index in [0.717, 1.165) is 0 Å². The molecule has 0 aromatic carbocycles. The van der Waals surface area contributed by atoms with E-state index in [2.05, 4.69) is 4.98 Å². The van der Waals surface area contributed by atoms with Crippen molar-refractivity contribution in [2.45, 2.75) is 6.61 Å². The highest BCUT2D eigenvalue weighted by Crippen LogP contribution is 2.10. The lowest BCUT2D eigenvalue weighted by Crippen LogP contribution is -1.86. The van der Waals surface area contributed by atoms with Crippen LogP contribution in [0, 0.1) is 0 Å². The van der Waals surface area contributed by atoms with Crippen molar-refractivity contribution in [3.63, 3.8) is 0 Å². The number of nitrogens with zero attached hydrogens (tertiary/aromatic N) is 1. The summed E-state index contributed by atoms with van der Waals surface area (Å²) in [5.41, 5.74) is 0.416. The molecule has 1 aromatic heterocycles. The molecule has 0 aliphatic carbocycles. The monoisotopic (exact) mass is 142 g/mol. The van der Waals surface area contributed by atoms with Crippen molar-refractivity contribution in [1.29, 1.82) is 0 Å². The van der Waals surface area contributed by atoms with Crippen molar-refractivity contribution in [3.8, 4) is 0 Å². The van der Waals surface area contributed by atoms with Crippen molar-refractivity contribution in [2.75, 3.05) is 0 Å². The van der Waals surface area contributed by atoms with Gasteiger partial charge in [-0.3, -0.25) is 4.98 Å². The molecule has 0 unspecified atom stereocenters. The Labute approximate surface area is 58.1 Å². The van der Waals surface area contributed by atoms with Gasteiger partial charge in [-0.15, -0.1) is 0 Å². The Balaban J connectivity index is 3.01. The molecule has 0 N–H and O–H groups in total. The summed E-state index contributed by atoms with van der Waals surface area (Å²) in [5.74, 6) is 0. The van der Waals surface area contributed by atoms with Gasteiger partial charge in [-0.2, -0.15) is 0 Å². The molecule has 0 bridgehead atoms. The maximum atomic E-state index is 10.2. The van der Waals surface area contributed by atoms with Gasteiger partial charge in [0.05, 0.1) is 10.7 Å². The van der Waals surface area contributed by atoms with Gasteiger partial charge >= 0.3 is 0 Å². The smallest absolute Gasteiger partial charge is 0.126 e. The summed E-state index contributed by atoms with van der Waals surface area (Å²) in [6, 6.07) is 3.35. The zero-order valence-electron chi connectivity index (χ0n) is 4.67. The van der Waals surface area contributed by atoms with Gasteiger partial charge in [0.15, 0.2) is 0 Å². The number of halogens is 1. The van der Waals surface area contributed by atoms with E-state index in [0.29, 0.717) is 10.7 Å². The molecular formula is C6H5ClNO. The van der Waals surface area contributed by atoms with Crippen LogP contribution in [0.1, 0.15) is 5.69 Å². The molecule has 0 spiro atoms. The Bertz CT molecular complexity index is 202. The van der Waals surface area contributed by atoms with Gasteiger partial charge in [0.25, 0.3) is 0 Å². The third-order valence-electron chi connectivity index (χ3n) is 0.971. The highest BCUT2D eigenvalue weighted by molar-refractivity contribution is 6.31. The van der Waals surface area contributed by atoms with Crippen molar-refractivity contribution >= 4 is 11.6 Å². The summed E-state index contributed by atoms with van der Waals surface area (Å²) in [7, 11) is 0. The van der Waals surface area contributed by atoms with E-state index in [9.17, 15) is 5.11 Å². The molecule has 1 rings (SSSR count). The van der Waals surface area contributed by atoms with Gasteiger partial charge in [0, 0.05) is 6.20 Å². The molecular weight excluding hydrogens is 138 g/mol. The minimum absolute atomic E-state index is 0.348. The van der Waals surface area contributed by atoms with E-state index in [1.165, 1.54) is 0 Å². The van der Waals surface area contributed by atoms with Gasteiger partial charge < -0.3 is 0 Å². The minimum Gasteiger partial charge on any atom is -0.257 e. The van der Waals surface area contributed by atoms with Crippen molar-refractivity contribution < 1.29 is 5.11 Å². The molecule has 3 heteroatoms. The summed E-state index contributed by atoms with van der Waals surface area (Å²) in [6.45, 7) is -0.348. The third-order valence-corrected chi connectivity index (χ3v) is 1.32. The lowest BCUT2D eigenvalue weighted by atomic mass is 10.4. The Morgan fingerprint density at radius 1 is 1.67 bits per heavy atom. The van der Waals surface area contributed by atoms with Crippen molar-refractivity contribution in [2.24, 2.45) is 0 Å². The fourth-order valence-corrected chi connectivity index (χ4v) is 0.701. The number of pyridine rings is 1. The molecule has 0 saturated carbocycles. The first kappa shape index (κ1) is 6.52. The molecule has 1 radical (unpaired) electrons. The first-order valence-electron chi connectivity index (χ1n) is 2.52. The first-order valence-corrected chi connectivity index (χ1v) is 2.90. The molecule has 1 heterocycles. The molecule has 0 saturated heterocycles. The summed E-state index contributed by atoms with van der Waals surface area (Å²) < 4.78 is 0. The standard InChI is InChI=1S/C6H5ClNO/c7-5-2-1-3-8-6(5)4-9/h1-3H,4H2. The highest BCUT2D eigenvalue weighted by Gasteiger charge is 1.96. The highest BCUT2D eigenvalue weighted by atomic mass is 35.5. The molecule has 0 aliphatic rings. The third kappa shape index (κ3) is 1.40. The largest absolute Gasteiger partial charge is 0.257 e. The fraction of sp³-hybridized carbons (Fsp3) is 0.167. The number of hydrogen-bond donors (Lipinski definition) is 0. The molecule has 0 aliphatic heterocycles. The van der Waals surface area contributed by atoms with Crippen LogP contribution in [-0.2, 0) is 11.7 Å². The van der Waals surface area contributed by atoms with Crippen LogP contribution in [0.25, 0.3) is 0 Å². The molecule has 1 aromatic rings. The van der Waals surface area contributed by atoms with E-state index in [4.69, 9.17) is 11.6 Å². The van der Waals surface area contributed by atoms with Crippen LogP contribution < -0.4 is 0 Å². The second-order valence-corrected chi connectivity index (χ2v) is 1.98. The second kappa shape index (κ2) is 2.80. The zero-order chi connectivity index (χ0) is 6.69. The van der Waals surface area contributed by atoms with E-state index < -0.39 is 0 Å². The maximum absolute atomic E-state index is 10.2. The predicted octanol–water partition coefficient (Wildman–Crippen LogP) is 1.67. The van der Waals surface area contributed by atoms with Crippen LogP contribution in [0.4, 0.5) is 0 Å². The number of aromatic nitrogens is 1. The van der Waals surface area contributed by atoms with Gasteiger partial charge in [0.2, 0.25) is 0 Å². The van der Waals surface area contributed by atoms with E-state index in [1.54, 1.807) is 18.3 Å². The maximum Gasteiger partial charge on any atom is 0.126 e. The predicted molar refractivity (Wildman–Crippen MR) is 33.6 cm³/mol. The quantitative estimate of drug-likeness (QED) is 0.587. The summed E-state index contributed by atoms with van der Waals surface area (Å²) in [4.78, 5) is 3.75. The van der Waals surface area contributed by atoms with E-state index >= 15 is 0 Å². The Morgan fingerprint density at radius 2 is 2.44 bits per heavy atom.